The van der Waals surface area contributed by atoms with Crippen LogP contribution in [-0.4, -0.2) is 11.2 Å². The van der Waals surface area contributed by atoms with Crippen LogP contribution >= 0.6 is 0 Å². The molecule has 0 heterocycles. The van der Waals surface area contributed by atoms with Gasteiger partial charge in [0.05, 0.1) is 6.10 Å². The Balaban J connectivity index is 2.73. The molecule has 3 atom stereocenters. The molecular weight excluding hydrogens is 148 g/mol. The molecule has 0 fully saturated rings. The quantitative estimate of drug-likeness (QED) is 0.597. The lowest BCUT2D eigenvalue weighted by Crippen LogP contribution is -2.33. The Kier molecular flexibility index (Phi) is 2.94. The van der Waals surface area contributed by atoms with Gasteiger partial charge in [0.15, 0.2) is 0 Å². The minimum Gasteiger partial charge on any atom is -0.392 e. The molecule has 0 bridgehead atoms. The van der Waals surface area contributed by atoms with Crippen LogP contribution in [0.2, 0.25) is 0 Å². The number of hydrogen-bond acceptors (Lipinski definition) is 1. The molecule has 0 saturated heterocycles. The third-order valence-corrected chi connectivity index (χ3v) is 2.94. The van der Waals surface area contributed by atoms with Crippen LogP contribution in [-0.2, 0) is 0 Å². The summed E-state index contributed by atoms with van der Waals surface area (Å²) >= 11 is 0. The Hall–Kier alpha value is -0.300. The van der Waals surface area contributed by atoms with E-state index < -0.39 is 0 Å². The Morgan fingerprint density at radius 2 is 2.08 bits per heavy atom. The van der Waals surface area contributed by atoms with Gasteiger partial charge in [0.25, 0.3) is 0 Å². The van der Waals surface area contributed by atoms with Gasteiger partial charge in [0.2, 0.25) is 0 Å². The zero-order chi connectivity index (χ0) is 9.30. The highest BCUT2D eigenvalue weighted by molar-refractivity contribution is 5.09. The molecule has 0 unspecified atom stereocenters. The maximum Gasteiger partial charge on any atom is 0.0633 e. The predicted octanol–water partition coefficient (Wildman–Crippen LogP) is 2.61. The monoisotopic (exact) mass is 168 g/mol. The van der Waals surface area contributed by atoms with Crippen LogP contribution < -0.4 is 0 Å². The molecular formula is C11H20O. The van der Waals surface area contributed by atoms with E-state index in [2.05, 4.69) is 33.8 Å². The molecule has 1 aliphatic carbocycles. The third kappa shape index (κ3) is 1.89. The van der Waals surface area contributed by atoms with Gasteiger partial charge in [0.1, 0.15) is 0 Å². The smallest absolute Gasteiger partial charge is 0.0633 e. The summed E-state index contributed by atoms with van der Waals surface area (Å²) < 4.78 is 0. The SMILES string of the molecule is CC1=C[C@@H](C)[C@@H](O)[C@H](C(C)C)C1. The molecule has 0 saturated carbocycles. The molecule has 0 spiro atoms. The van der Waals surface area contributed by atoms with Crippen molar-refractivity contribution in [2.75, 3.05) is 0 Å². The van der Waals surface area contributed by atoms with E-state index in [4.69, 9.17) is 0 Å². The zero-order valence-corrected chi connectivity index (χ0v) is 8.54. The summed E-state index contributed by atoms with van der Waals surface area (Å²) in [6.45, 7) is 8.65. The summed E-state index contributed by atoms with van der Waals surface area (Å²) in [5.74, 6) is 1.39. The summed E-state index contributed by atoms with van der Waals surface area (Å²) in [6, 6.07) is 0. The fourth-order valence-corrected chi connectivity index (χ4v) is 2.13. The van der Waals surface area contributed by atoms with Crippen molar-refractivity contribution in [2.45, 2.75) is 40.2 Å². The van der Waals surface area contributed by atoms with Gasteiger partial charge in [-0.15, -0.1) is 0 Å². The molecule has 0 aliphatic heterocycles. The molecule has 70 valence electrons. The van der Waals surface area contributed by atoms with E-state index in [1.165, 1.54) is 5.57 Å². The average Bonchev–Trinajstić information content (AvgIpc) is 1.96. The Bertz CT molecular complexity index is 181. The van der Waals surface area contributed by atoms with Crippen LogP contribution in [0.4, 0.5) is 0 Å². The predicted molar refractivity (Wildman–Crippen MR) is 51.9 cm³/mol. The zero-order valence-electron chi connectivity index (χ0n) is 8.54. The van der Waals surface area contributed by atoms with Crippen LogP contribution in [0.15, 0.2) is 11.6 Å². The second kappa shape index (κ2) is 3.61. The maximum atomic E-state index is 9.88. The first-order valence-electron chi connectivity index (χ1n) is 4.87. The van der Waals surface area contributed by atoms with Gasteiger partial charge in [-0.25, -0.2) is 0 Å². The van der Waals surface area contributed by atoms with E-state index in [0.29, 0.717) is 17.8 Å². The summed E-state index contributed by atoms with van der Waals surface area (Å²) in [5.41, 5.74) is 1.44. The van der Waals surface area contributed by atoms with E-state index in [-0.39, 0.29) is 6.10 Å². The van der Waals surface area contributed by atoms with Gasteiger partial charge in [-0.3, -0.25) is 0 Å². The van der Waals surface area contributed by atoms with Crippen LogP contribution in [0.3, 0.4) is 0 Å². The summed E-state index contributed by atoms with van der Waals surface area (Å²) in [7, 11) is 0. The first kappa shape index (κ1) is 9.79. The Morgan fingerprint density at radius 1 is 1.50 bits per heavy atom. The summed E-state index contributed by atoms with van der Waals surface area (Å²) in [5, 5.41) is 9.88. The highest BCUT2D eigenvalue weighted by atomic mass is 16.3. The highest BCUT2D eigenvalue weighted by Crippen LogP contribution is 2.32. The number of rotatable bonds is 1. The van der Waals surface area contributed by atoms with Crippen molar-refractivity contribution in [1.82, 2.24) is 0 Å². The molecule has 0 aromatic heterocycles. The first-order chi connectivity index (χ1) is 5.52. The van der Waals surface area contributed by atoms with Crippen molar-refractivity contribution in [3.63, 3.8) is 0 Å². The first-order valence-corrected chi connectivity index (χ1v) is 4.87. The van der Waals surface area contributed by atoms with Gasteiger partial charge < -0.3 is 5.11 Å². The van der Waals surface area contributed by atoms with Crippen molar-refractivity contribution in [1.29, 1.82) is 0 Å². The van der Waals surface area contributed by atoms with Crippen molar-refractivity contribution in [3.8, 4) is 0 Å². The second-order valence-electron chi connectivity index (χ2n) is 4.47. The van der Waals surface area contributed by atoms with E-state index in [1.54, 1.807) is 0 Å². The molecule has 1 nitrogen and oxygen atoms in total. The Labute approximate surface area is 75.5 Å². The maximum absolute atomic E-state index is 9.88. The molecule has 12 heavy (non-hydrogen) atoms. The average molecular weight is 168 g/mol. The molecule has 1 aliphatic rings. The molecule has 1 N–H and O–H groups in total. The molecule has 1 heteroatoms. The number of aliphatic hydroxyl groups excluding tert-OH is 1. The lowest BCUT2D eigenvalue weighted by Gasteiger charge is -2.33. The fraction of sp³-hybridized carbons (Fsp3) is 0.818. The highest BCUT2D eigenvalue weighted by Gasteiger charge is 2.29. The topological polar surface area (TPSA) is 20.2 Å². The number of aliphatic hydroxyl groups is 1. The third-order valence-electron chi connectivity index (χ3n) is 2.94. The molecule has 0 radical (unpaired) electrons. The summed E-state index contributed by atoms with van der Waals surface area (Å²) in [4.78, 5) is 0. The number of allylic oxidation sites excluding steroid dienone is 1. The van der Waals surface area contributed by atoms with Crippen molar-refractivity contribution >= 4 is 0 Å². The van der Waals surface area contributed by atoms with Crippen molar-refractivity contribution < 1.29 is 5.11 Å². The van der Waals surface area contributed by atoms with Crippen LogP contribution in [0, 0.1) is 17.8 Å². The van der Waals surface area contributed by atoms with Crippen LogP contribution in [0.5, 0.6) is 0 Å². The van der Waals surface area contributed by atoms with Gasteiger partial charge in [-0.2, -0.15) is 0 Å². The standard InChI is InChI=1S/C11H20O/c1-7(2)10-6-8(3)5-9(4)11(10)12/h5,7,9-12H,6H2,1-4H3/t9-,10+,11-/m1/s1. The van der Waals surface area contributed by atoms with Gasteiger partial charge in [-0.1, -0.05) is 32.4 Å². The van der Waals surface area contributed by atoms with E-state index in [0.717, 1.165) is 6.42 Å². The van der Waals surface area contributed by atoms with Crippen LogP contribution in [0.1, 0.15) is 34.1 Å². The lowest BCUT2D eigenvalue weighted by molar-refractivity contribution is 0.0443. The molecule has 1 rings (SSSR count). The Morgan fingerprint density at radius 3 is 2.58 bits per heavy atom. The lowest BCUT2D eigenvalue weighted by atomic mass is 9.75. The molecule has 0 amide bonds. The van der Waals surface area contributed by atoms with E-state index in [9.17, 15) is 5.11 Å². The molecule has 0 aromatic carbocycles. The minimum absolute atomic E-state index is 0.131. The van der Waals surface area contributed by atoms with E-state index >= 15 is 0 Å². The minimum atomic E-state index is -0.131. The van der Waals surface area contributed by atoms with E-state index in [1.807, 2.05) is 0 Å². The fourth-order valence-electron chi connectivity index (χ4n) is 2.13. The van der Waals surface area contributed by atoms with Gasteiger partial charge in [0, 0.05) is 5.92 Å². The largest absolute Gasteiger partial charge is 0.392 e. The van der Waals surface area contributed by atoms with Crippen molar-refractivity contribution in [2.24, 2.45) is 17.8 Å². The van der Waals surface area contributed by atoms with Gasteiger partial charge in [-0.05, 0) is 25.2 Å². The van der Waals surface area contributed by atoms with Gasteiger partial charge >= 0.3 is 0 Å². The summed E-state index contributed by atoms with van der Waals surface area (Å²) in [6.07, 6.45) is 3.14. The van der Waals surface area contributed by atoms with Crippen molar-refractivity contribution in [3.05, 3.63) is 11.6 Å². The second-order valence-corrected chi connectivity index (χ2v) is 4.47. The molecule has 0 aromatic rings. The normalized spacial score (nSPS) is 36.8. The van der Waals surface area contributed by atoms with Crippen LogP contribution in [0.25, 0.3) is 0 Å². The number of hydrogen-bond donors (Lipinski definition) is 1.